The predicted molar refractivity (Wildman–Crippen MR) is 101 cm³/mol. The van der Waals surface area contributed by atoms with Gasteiger partial charge in [0.2, 0.25) is 0 Å². The minimum absolute atomic E-state index is 0.00561. The average Bonchev–Trinajstić information content (AvgIpc) is 2.72. The molecule has 152 valence electrons. The standard InChI is InChI=1S/C19H18N2O8/c1-4-29-16-8-6-11(10-15(16)21(25)26)17(22)20-14-9-12(18(23)27-2)5-7-13(14)19(24)28-3/h5-10H,4H2,1-3H3,(H,20,22). The number of amides is 1. The number of anilines is 1. The van der Waals surface area contributed by atoms with Gasteiger partial charge in [-0.3, -0.25) is 14.9 Å². The van der Waals surface area contributed by atoms with Crippen LogP contribution in [0.2, 0.25) is 0 Å². The Kier molecular flexibility index (Phi) is 6.85. The first kappa shape index (κ1) is 21.4. The Hall–Kier alpha value is -3.95. The van der Waals surface area contributed by atoms with E-state index in [1.807, 2.05) is 0 Å². The molecule has 2 aromatic carbocycles. The zero-order valence-corrected chi connectivity index (χ0v) is 15.9. The number of methoxy groups -OCH3 is 2. The van der Waals surface area contributed by atoms with E-state index in [2.05, 4.69) is 14.8 Å². The molecule has 0 aliphatic carbocycles. The molecule has 10 heteroatoms. The van der Waals surface area contributed by atoms with E-state index in [0.717, 1.165) is 13.2 Å². The lowest BCUT2D eigenvalue weighted by atomic mass is 10.1. The molecule has 10 nitrogen and oxygen atoms in total. The molecule has 0 unspecified atom stereocenters. The lowest BCUT2D eigenvalue weighted by Crippen LogP contribution is -2.17. The zero-order valence-electron chi connectivity index (χ0n) is 15.9. The van der Waals surface area contributed by atoms with Gasteiger partial charge in [-0.05, 0) is 37.3 Å². The van der Waals surface area contributed by atoms with Crippen molar-refractivity contribution < 1.29 is 33.5 Å². The van der Waals surface area contributed by atoms with Crippen LogP contribution in [-0.4, -0.2) is 43.6 Å². The first-order valence-electron chi connectivity index (χ1n) is 8.35. The van der Waals surface area contributed by atoms with E-state index in [1.165, 1.54) is 37.4 Å². The number of nitro groups is 1. The molecule has 0 saturated heterocycles. The predicted octanol–water partition coefficient (Wildman–Crippen LogP) is 2.82. The lowest BCUT2D eigenvalue weighted by molar-refractivity contribution is -0.385. The number of nitrogens with zero attached hydrogens (tertiary/aromatic N) is 1. The second-order valence-electron chi connectivity index (χ2n) is 5.57. The summed E-state index contributed by atoms with van der Waals surface area (Å²) in [6.45, 7) is 1.89. The topological polar surface area (TPSA) is 134 Å². The van der Waals surface area contributed by atoms with Crippen LogP contribution in [0.25, 0.3) is 0 Å². The molecule has 0 spiro atoms. The second kappa shape index (κ2) is 9.31. The zero-order chi connectivity index (χ0) is 21.6. The third kappa shape index (κ3) is 4.86. The third-order valence-electron chi connectivity index (χ3n) is 3.81. The molecular weight excluding hydrogens is 384 g/mol. The number of rotatable bonds is 7. The fraction of sp³-hybridized carbons (Fsp3) is 0.211. The van der Waals surface area contributed by atoms with Crippen molar-refractivity contribution in [1.82, 2.24) is 0 Å². The van der Waals surface area contributed by atoms with E-state index in [4.69, 9.17) is 4.74 Å². The Balaban J connectivity index is 2.43. The van der Waals surface area contributed by atoms with Crippen LogP contribution in [0.3, 0.4) is 0 Å². The van der Waals surface area contributed by atoms with Gasteiger partial charge in [-0.2, -0.15) is 0 Å². The smallest absolute Gasteiger partial charge is 0.339 e. The van der Waals surface area contributed by atoms with Gasteiger partial charge in [-0.1, -0.05) is 0 Å². The third-order valence-corrected chi connectivity index (χ3v) is 3.81. The number of carbonyl (C=O) groups is 3. The van der Waals surface area contributed by atoms with Crippen molar-refractivity contribution in [2.24, 2.45) is 0 Å². The summed E-state index contributed by atoms with van der Waals surface area (Å²) in [6, 6.07) is 7.60. The highest BCUT2D eigenvalue weighted by molar-refractivity contribution is 6.09. The number of carbonyl (C=O) groups excluding carboxylic acids is 3. The normalized spacial score (nSPS) is 10.0. The van der Waals surface area contributed by atoms with Crippen LogP contribution in [0.15, 0.2) is 36.4 Å². The molecule has 1 N–H and O–H groups in total. The molecule has 0 radical (unpaired) electrons. The van der Waals surface area contributed by atoms with Crippen molar-refractivity contribution in [2.45, 2.75) is 6.92 Å². The van der Waals surface area contributed by atoms with E-state index in [9.17, 15) is 24.5 Å². The van der Waals surface area contributed by atoms with Crippen molar-refractivity contribution in [1.29, 1.82) is 0 Å². The number of ether oxygens (including phenoxy) is 3. The van der Waals surface area contributed by atoms with Gasteiger partial charge in [0, 0.05) is 11.6 Å². The Bertz CT molecular complexity index is 971. The van der Waals surface area contributed by atoms with Gasteiger partial charge in [0.1, 0.15) is 0 Å². The van der Waals surface area contributed by atoms with E-state index in [1.54, 1.807) is 6.92 Å². The van der Waals surface area contributed by atoms with Gasteiger partial charge in [0.15, 0.2) is 5.75 Å². The molecule has 0 fully saturated rings. The van der Waals surface area contributed by atoms with Crippen LogP contribution in [0, 0.1) is 10.1 Å². The largest absolute Gasteiger partial charge is 0.487 e. The molecule has 2 aromatic rings. The summed E-state index contributed by atoms with van der Waals surface area (Å²) in [6.07, 6.45) is 0. The minimum Gasteiger partial charge on any atom is -0.487 e. The number of esters is 2. The molecule has 1 amide bonds. The van der Waals surface area contributed by atoms with Gasteiger partial charge in [-0.25, -0.2) is 9.59 Å². The lowest BCUT2D eigenvalue weighted by Gasteiger charge is -2.12. The van der Waals surface area contributed by atoms with Crippen LogP contribution >= 0.6 is 0 Å². The highest BCUT2D eigenvalue weighted by Gasteiger charge is 2.21. The van der Waals surface area contributed by atoms with Gasteiger partial charge >= 0.3 is 17.6 Å². The number of hydrogen-bond donors (Lipinski definition) is 1. The number of nitrogens with one attached hydrogen (secondary N) is 1. The molecule has 0 bridgehead atoms. The van der Waals surface area contributed by atoms with E-state index in [0.29, 0.717) is 0 Å². The summed E-state index contributed by atoms with van der Waals surface area (Å²) in [7, 11) is 2.35. The summed E-state index contributed by atoms with van der Waals surface area (Å²) in [5, 5.41) is 13.7. The fourth-order valence-electron chi connectivity index (χ4n) is 2.45. The van der Waals surface area contributed by atoms with Gasteiger partial charge in [0.05, 0.1) is 42.6 Å². The monoisotopic (exact) mass is 402 g/mol. The quantitative estimate of drug-likeness (QED) is 0.424. The van der Waals surface area contributed by atoms with Crippen molar-refractivity contribution in [3.63, 3.8) is 0 Å². The minimum atomic E-state index is -0.741. The Morgan fingerprint density at radius 3 is 2.24 bits per heavy atom. The van der Waals surface area contributed by atoms with Crippen molar-refractivity contribution >= 4 is 29.2 Å². The number of nitro benzene ring substituents is 1. The Morgan fingerprint density at radius 2 is 1.66 bits per heavy atom. The highest BCUT2D eigenvalue weighted by atomic mass is 16.6. The molecule has 0 atom stereocenters. The van der Waals surface area contributed by atoms with Crippen LogP contribution in [-0.2, 0) is 9.47 Å². The molecule has 0 aliphatic rings. The van der Waals surface area contributed by atoms with E-state index < -0.39 is 22.8 Å². The maximum atomic E-state index is 12.6. The highest BCUT2D eigenvalue weighted by Crippen LogP contribution is 2.29. The SMILES string of the molecule is CCOc1ccc(C(=O)Nc2cc(C(=O)OC)ccc2C(=O)OC)cc1[N+](=O)[O-]. The van der Waals surface area contributed by atoms with Crippen molar-refractivity contribution in [3.05, 3.63) is 63.2 Å². The Morgan fingerprint density at radius 1 is 1.00 bits per heavy atom. The number of hydrogen-bond acceptors (Lipinski definition) is 8. The molecule has 0 saturated carbocycles. The van der Waals surface area contributed by atoms with E-state index >= 15 is 0 Å². The first-order valence-corrected chi connectivity index (χ1v) is 8.35. The summed E-state index contributed by atoms with van der Waals surface area (Å²) < 4.78 is 14.5. The van der Waals surface area contributed by atoms with Crippen LogP contribution in [0.4, 0.5) is 11.4 Å². The Labute approximate surface area is 165 Å². The average molecular weight is 402 g/mol. The number of benzene rings is 2. The molecule has 2 rings (SSSR count). The summed E-state index contributed by atoms with van der Waals surface area (Å²) >= 11 is 0. The van der Waals surface area contributed by atoms with Crippen LogP contribution < -0.4 is 10.1 Å². The molecule has 29 heavy (non-hydrogen) atoms. The fourth-order valence-corrected chi connectivity index (χ4v) is 2.45. The second-order valence-corrected chi connectivity index (χ2v) is 5.57. The van der Waals surface area contributed by atoms with Gasteiger partial charge < -0.3 is 19.5 Å². The first-order chi connectivity index (χ1) is 13.8. The maximum Gasteiger partial charge on any atom is 0.339 e. The summed E-state index contributed by atoms with van der Waals surface area (Å²) in [5.74, 6) is -2.12. The van der Waals surface area contributed by atoms with Crippen LogP contribution in [0.1, 0.15) is 38.0 Å². The van der Waals surface area contributed by atoms with Crippen molar-refractivity contribution in [3.8, 4) is 5.75 Å². The summed E-state index contributed by atoms with van der Waals surface area (Å²) in [4.78, 5) is 46.9. The van der Waals surface area contributed by atoms with Gasteiger partial charge in [0.25, 0.3) is 5.91 Å². The molecule has 0 heterocycles. The van der Waals surface area contributed by atoms with E-state index in [-0.39, 0.29) is 40.4 Å². The van der Waals surface area contributed by atoms with Crippen LogP contribution in [0.5, 0.6) is 5.75 Å². The summed E-state index contributed by atoms with van der Waals surface area (Å²) in [5.41, 5.74) is -0.348. The van der Waals surface area contributed by atoms with Gasteiger partial charge in [-0.15, -0.1) is 0 Å². The molecular formula is C19H18N2O8. The van der Waals surface area contributed by atoms with Crippen molar-refractivity contribution in [2.75, 3.05) is 26.1 Å². The molecule has 0 aromatic heterocycles. The molecule has 0 aliphatic heterocycles. The maximum absolute atomic E-state index is 12.6.